The first-order valence-electron chi connectivity index (χ1n) is 2.95. The van der Waals surface area contributed by atoms with Gasteiger partial charge in [-0.15, -0.1) is 0 Å². The fourth-order valence-corrected chi connectivity index (χ4v) is 3.43. The molecule has 0 radical (unpaired) electrons. The first-order valence-corrected chi connectivity index (χ1v) is 5.70. The van der Waals surface area contributed by atoms with Crippen molar-refractivity contribution in [1.82, 2.24) is 0 Å². The van der Waals surface area contributed by atoms with Crippen LogP contribution in [0.2, 0.25) is 0 Å². The zero-order chi connectivity index (χ0) is 6.10. The van der Waals surface area contributed by atoms with Gasteiger partial charge in [0.15, 0.2) is 0 Å². The Morgan fingerprint density at radius 1 is 1.56 bits per heavy atom. The lowest BCUT2D eigenvalue weighted by Gasteiger charge is -2.10. The molecule has 0 N–H and O–H groups in total. The van der Waals surface area contributed by atoms with Crippen LogP contribution in [-0.2, 0) is 0 Å². The molecule has 0 saturated carbocycles. The SMILES string of the molecule is C1=CC2=CC[SH2]SC2=C1. The second-order valence-electron chi connectivity index (χ2n) is 2.00. The average Bonchev–Trinajstić information content (AvgIpc) is 2.33. The van der Waals surface area contributed by atoms with Gasteiger partial charge in [-0.1, -0.05) is 29.0 Å². The molecule has 2 heteroatoms. The second-order valence-corrected chi connectivity index (χ2v) is 4.82. The maximum atomic E-state index is 2.32. The summed E-state index contributed by atoms with van der Waals surface area (Å²) in [5.74, 6) is 1.27. The number of fused-ring (bicyclic) bond motifs is 1. The van der Waals surface area contributed by atoms with Crippen molar-refractivity contribution in [3.63, 3.8) is 0 Å². The van der Waals surface area contributed by atoms with E-state index in [4.69, 9.17) is 0 Å². The minimum Gasteiger partial charge on any atom is -0.209 e. The fraction of sp³-hybridized carbons (Fsp3) is 0.143. The molecule has 2 aliphatic rings. The summed E-state index contributed by atoms with van der Waals surface area (Å²) in [4.78, 5) is 1.47. The Kier molecular flexibility index (Phi) is 1.44. The molecule has 1 aliphatic heterocycles. The van der Waals surface area contributed by atoms with Crippen LogP contribution in [0.4, 0.5) is 0 Å². The zero-order valence-electron chi connectivity index (χ0n) is 4.92. The number of allylic oxidation sites excluding steroid dienone is 4. The van der Waals surface area contributed by atoms with Crippen LogP contribution in [0.1, 0.15) is 0 Å². The molecule has 0 amide bonds. The van der Waals surface area contributed by atoms with E-state index in [1.54, 1.807) is 0 Å². The van der Waals surface area contributed by atoms with Crippen molar-refractivity contribution in [3.8, 4) is 0 Å². The van der Waals surface area contributed by atoms with Gasteiger partial charge in [-0.05, 0) is 17.4 Å². The topological polar surface area (TPSA) is 0 Å². The van der Waals surface area contributed by atoms with Gasteiger partial charge in [0.1, 0.15) is 0 Å². The van der Waals surface area contributed by atoms with Gasteiger partial charge in [-0.25, -0.2) is 10.8 Å². The molecule has 2 rings (SSSR count). The van der Waals surface area contributed by atoms with Gasteiger partial charge in [0, 0.05) is 4.91 Å². The Balaban J connectivity index is 2.38. The van der Waals surface area contributed by atoms with Gasteiger partial charge >= 0.3 is 0 Å². The van der Waals surface area contributed by atoms with Crippen LogP contribution in [0.15, 0.2) is 34.8 Å². The summed E-state index contributed by atoms with van der Waals surface area (Å²) < 4.78 is 0. The number of rotatable bonds is 0. The van der Waals surface area contributed by atoms with Crippen LogP contribution in [0, 0.1) is 0 Å². The minimum atomic E-state index is 1.05. The standard InChI is InChI=1S/C7H8S2/c1-2-6-4-5-8-9-7(6)3-1/h1-4H,5,8H2. The van der Waals surface area contributed by atoms with Crippen molar-refractivity contribution in [3.05, 3.63) is 34.8 Å². The van der Waals surface area contributed by atoms with Crippen molar-refractivity contribution in [1.29, 1.82) is 0 Å². The molecule has 1 aliphatic carbocycles. The molecule has 0 spiro atoms. The molecule has 9 heavy (non-hydrogen) atoms. The van der Waals surface area contributed by atoms with E-state index < -0.39 is 0 Å². The van der Waals surface area contributed by atoms with Gasteiger partial charge in [-0.2, -0.15) is 0 Å². The van der Waals surface area contributed by atoms with Crippen LogP contribution < -0.4 is 0 Å². The third-order valence-electron chi connectivity index (χ3n) is 1.40. The third kappa shape index (κ3) is 0.970. The Morgan fingerprint density at radius 3 is 3.44 bits per heavy atom. The number of hydrogen-bond acceptors (Lipinski definition) is 1. The van der Waals surface area contributed by atoms with Crippen LogP contribution in [0.5, 0.6) is 0 Å². The molecule has 1 heterocycles. The lowest BCUT2D eigenvalue weighted by atomic mass is 10.3. The van der Waals surface area contributed by atoms with Crippen molar-refractivity contribution in [2.75, 3.05) is 5.75 Å². The highest BCUT2D eigenvalue weighted by molar-refractivity contribution is 8.78. The Hall–Kier alpha value is -0.0800. The largest absolute Gasteiger partial charge is 0.209 e. The van der Waals surface area contributed by atoms with Crippen molar-refractivity contribution in [2.24, 2.45) is 0 Å². The zero-order valence-corrected chi connectivity index (χ0v) is 6.74. The Labute approximate surface area is 62.5 Å². The molecule has 0 bridgehead atoms. The first kappa shape index (κ1) is 5.69. The first-order chi connectivity index (χ1) is 4.47. The summed E-state index contributed by atoms with van der Waals surface area (Å²) >= 11 is 0. The van der Waals surface area contributed by atoms with E-state index >= 15 is 0 Å². The van der Waals surface area contributed by atoms with E-state index in [9.17, 15) is 0 Å². The highest BCUT2D eigenvalue weighted by Gasteiger charge is 2.08. The van der Waals surface area contributed by atoms with E-state index in [0.29, 0.717) is 0 Å². The normalized spacial score (nSPS) is 27.6. The third-order valence-corrected chi connectivity index (χ3v) is 4.09. The van der Waals surface area contributed by atoms with E-state index in [-0.39, 0.29) is 0 Å². The van der Waals surface area contributed by atoms with E-state index in [2.05, 4.69) is 24.3 Å². The quantitative estimate of drug-likeness (QED) is 0.485. The second kappa shape index (κ2) is 2.27. The monoisotopic (exact) mass is 156 g/mol. The summed E-state index contributed by atoms with van der Waals surface area (Å²) in [6.07, 6.45) is 8.84. The molecule has 48 valence electrons. The van der Waals surface area contributed by atoms with Gasteiger partial charge in [0.2, 0.25) is 0 Å². The highest BCUT2D eigenvalue weighted by Crippen LogP contribution is 2.41. The molecule has 0 fully saturated rings. The van der Waals surface area contributed by atoms with Crippen LogP contribution in [0.25, 0.3) is 0 Å². The van der Waals surface area contributed by atoms with Gasteiger partial charge in [0.05, 0.1) is 0 Å². The maximum absolute atomic E-state index is 2.32. The summed E-state index contributed by atoms with van der Waals surface area (Å²) in [7, 11) is 3.04. The number of hydrogen-bond donors (Lipinski definition) is 0. The van der Waals surface area contributed by atoms with Gasteiger partial charge in [-0.3, -0.25) is 0 Å². The lowest BCUT2D eigenvalue weighted by molar-refractivity contribution is 1.63. The summed E-state index contributed by atoms with van der Waals surface area (Å²) in [6.45, 7) is 0. The lowest BCUT2D eigenvalue weighted by Crippen LogP contribution is -1.83. The van der Waals surface area contributed by atoms with Gasteiger partial charge in [0.25, 0.3) is 0 Å². The molecule has 0 atom stereocenters. The molecule has 0 saturated heterocycles. The van der Waals surface area contributed by atoms with Crippen molar-refractivity contribution < 1.29 is 0 Å². The average molecular weight is 156 g/mol. The van der Waals surface area contributed by atoms with E-state index in [0.717, 1.165) is 10.8 Å². The predicted molar refractivity (Wildman–Crippen MR) is 48.1 cm³/mol. The summed E-state index contributed by atoms with van der Waals surface area (Å²) in [5, 5.41) is 0. The Morgan fingerprint density at radius 2 is 2.56 bits per heavy atom. The van der Waals surface area contributed by atoms with Crippen molar-refractivity contribution >= 4 is 21.6 Å². The molecular weight excluding hydrogens is 148 g/mol. The molecular formula is C7H8S2. The minimum absolute atomic E-state index is 1.05. The molecule has 0 nitrogen and oxygen atoms in total. The summed E-state index contributed by atoms with van der Waals surface area (Å²) in [6, 6.07) is 0. The predicted octanol–water partition coefficient (Wildman–Crippen LogP) is 2.23. The fourth-order valence-electron chi connectivity index (χ4n) is 0.950. The van der Waals surface area contributed by atoms with Crippen molar-refractivity contribution in [2.45, 2.75) is 0 Å². The van der Waals surface area contributed by atoms with Crippen LogP contribution in [0.3, 0.4) is 0 Å². The maximum Gasteiger partial charge on any atom is 0.0232 e. The molecule has 0 unspecified atom stereocenters. The van der Waals surface area contributed by atoms with Crippen LogP contribution in [-0.4, -0.2) is 5.75 Å². The van der Waals surface area contributed by atoms with Crippen LogP contribution >= 0.6 is 21.6 Å². The molecule has 0 aromatic rings. The van der Waals surface area contributed by atoms with E-state index in [1.807, 2.05) is 10.8 Å². The molecule has 0 aromatic heterocycles. The highest BCUT2D eigenvalue weighted by atomic mass is 33.1. The van der Waals surface area contributed by atoms with E-state index in [1.165, 1.54) is 16.2 Å². The Bertz CT molecular complexity index is 211. The molecule has 0 aromatic carbocycles. The van der Waals surface area contributed by atoms with Gasteiger partial charge < -0.3 is 0 Å². The smallest absolute Gasteiger partial charge is 0.0232 e. The summed E-state index contributed by atoms with van der Waals surface area (Å²) in [5.41, 5.74) is 1.44.